The van der Waals surface area contributed by atoms with Crippen LogP contribution in [0.25, 0.3) is 0 Å². The quantitative estimate of drug-likeness (QED) is 0.906. The highest BCUT2D eigenvalue weighted by atomic mass is 19.4. The largest absolute Gasteiger partial charge is 0.479 e. The van der Waals surface area contributed by atoms with E-state index in [-0.39, 0.29) is 5.88 Å². The third kappa shape index (κ3) is 3.11. The number of anilines is 3. The fourth-order valence-corrected chi connectivity index (χ4v) is 1.57. The third-order valence-corrected chi connectivity index (χ3v) is 2.57. The normalized spacial score (nSPS) is 11.2. The molecule has 0 bridgehead atoms. The van der Waals surface area contributed by atoms with Crippen molar-refractivity contribution in [3.63, 3.8) is 0 Å². The second-order valence-electron chi connectivity index (χ2n) is 4.00. The Morgan fingerprint density at radius 2 is 1.75 bits per heavy atom. The van der Waals surface area contributed by atoms with Crippen molar-refractivity contribution >= 4 is 17.2 Å². The molecule has 0 saturated heterocycles. The van der Waals surface area contributed by atoms with Crippen LogP contribution in [0.3, 0.4) is 0 Å². The van der Waals surface area contributed by atoms with E-state index in [2.05, 4.69) is 10.3 Å². The predicted molar refractivity (Wildman–Crippen MR) is 69.9 cm³/mol. The minimum Gasteiger partial charge on any atom is -0.479 e. The Hall–Kier alpha value is -2.44. The van der Waals surface area contributed by atoms with Crippen LogP contribution in [0.2, 0.25) is 0 Å². The lowest BCUT2D eigenvalue weighted by molar-refractivity contribution is -0.137. The standard InChI is InChI=1S/C13H12F3N3O/c1-20-12-10(17)6-7-11(19-12)18-9-4-2-8(3-5-9)13(14,15)16/h2-7H,17H2,1H3,(H,18,19). The maximum Gasteiger partial charge on any atom is 0.416 e. The molecular weight excluding hydrogens is 271 g/mol. The van der Waals surface area contributed by atoms with Gasteiger partial charge in [0.1, 0.15) is 5.82 Å². The van der Waals surface area contributed by atoms with Gasteiger partial charge < -0.3 is 15.8 Å². The molecule has 106 valence electrons. The molecule has 0 aliphatic heterocycles. The lowest BCUT2D eigenvalue weighted by Crippen LogP contribution is -2.04. The Balaban J connectivity index is 2.18. The molecular formula is C13H12F3N3O. The summed E-state index contributed by atoms with van der Waals surface area (Å²) in [6, 6.07) is 7.85. The number of nitrogens with two attached hydrogens (primary N) is 1. The maximum atomic E-state index is 12.4. The molecule has 1 aromatic heterocycles. The number of pyridine rings is 1. The summed E-state index contributed by atoms with van der Waals surface area (Å²) in [5, 5.41) is 2.87. The summed E-state index contributed by atoms with van der Waals surface area (Å²) < 4.78 is 42.2. The summed E-state index contributed by atoms with van der Waals surface area (Å²) in [6.45, 7) is 0. The lowest BCUT2D eigenvalue weighted by atomic mass is 10.2. The van der Waals surface area contributed by atoms with Crippen LogP contribution in [0, 0.1) is 0 Å². The van der Waals surface area contributed by atoms with Crippen molar-refractivity contribution in [2.45, 2.75) is 6.18 Å². The zero-order chi connectivity index (χ0) is 14.8. The molecule has 0 spiro atoms. The Morgan fingerprint density at radius 3 is 2.30 bits per heavy atom. The van der Waals surface area contributed by atoms with Gasteiger partial charge in [-0.2, -0.15) is 18.2 Å². The average molecular weight is 283 g/mol. The zero-order valence-corrected chi connectivity index (χ0v) is 10.5. The summed E-state index contributed by atoms with van der Waals surface area (Å²) >= 11 is 0. The summed E-state index contributed by atoms with van der Waals surface area (Å²) in [5.74, 6) is 0.678. The smallest absolute Gasteiger partial charge is 0.416 e. The number of nitrogens with one attached hydrogen (secondary N) is 1. The number of alkyl halides is 3. The molecule has 0 fully saturated rings. The van der Waals surface area contributed by atoms with Gasteiger partial charge in [-0.1, -0.05) is 0 Å². The van der Waals surface area contributed by atoms with Crippen LogP contribution in [-0.2, 0) is 6.18 Å². The van der Waals surface area contributed by atoms with Crippen molar-refractivity contribution in [3.05, 3.63) is 42.0 Å². The molecule has 0 unspecified atom stereocenters. The first-order valence-corrected chi connectivity index (χ1v) is 5.65. The van der Waals surface area contributed by atoms with E-state index in [0.29, 0.717) is 17.2 Å². The van der Waals surface area contributed by atoms with Crippen LogP contribution in [0.4, 0.5) is 30.4 Å². The SMILES string of the molecule is COc1nc(Nc2ccc(C(F)(F)F)cc2)ccc1N. The number of methoxy groups -OCH3 is 1. The monoisotopic (exact) mass is 283 g/mol. The van der Waals surface area contributed by atoms with Gasteiger partial charge in [0.25, 0.3) is 0 Å². The summed E-state index contributed by atoms with van der Waals surface area (Å²) in [7, 11) is 1.43. The van der Waals surface area contributed by atoms with E-state index >= 15 is 0 Å². The maximum absolute atomic E-state index is 12.4. The Bertz CT molecular complexity index is 597. The molecule has 0 amide bonds. The Morgan fingerprint density at radius 1 is 1.10 bits per heavy atom. The van der Waals surface area contributed by atoms with Crippen molar-refractivity contribution in [1.82, 2.24) is 4.98 Å². The molecule has 20 heavy (non-hydrogen) atoms. The summed E-state index contributed by atoms with van der Waals surface area (Å²) in [5.41, 5.74) is 5.78. The lowest BCUT2D eigenvalue weighted by Gasteiger charge is -2.10. The molecule has 1 aromatic carbocycles. The van der Waals surface area contributed by atoms with Crippen molar-refractivity contribution in [2.75, 3.05) is 18.2 Å². The summed E-state index contributed by atoms with van der Waals surface area (Å²) in [4.78, 5) is 4.08. The first kappa shape index (κ1) is 14.0. The van der Waals surface area contributed by atoms with Gasteiger partial charge >= 0.3 is 6.18 Å². The minimum absolute atomic E-state index is 0.252. The van der Waals surface area contributed by atoms with E-state index in [1.807, 2.05) is 0 Å². The number of hydrogen-bond donors (Lipinski definition) is 2. The molecule has 0 atom stereocenters. The van der Waals surface area contributed by atoms with E-state index in [9.17, 15) is 13.2 Å². The molecule has 2 rings (SSSR count). The molecule has 0 aliphatic carbocycles. The number of rotatable bonds is 3. The molecule has 0 radical (unpaired) electrons. The predicted octanol–water partition coefficient (Wildman–Crippen LogP) is 3.43. The van der Waals surface area contributed by atoms with Crippen molar-refractivity contribution in [3.8, 4) is 5.88 Å². The number of benzene rings is 1. The van der Waals surface area contributed by atoms with E-state index in [1.54, 1.807) is 12.1 Å². The number of nitrogen functional groups attached to an aromatic ring is 1. The number of halogens is 3. The van der Waals surface area contributed by atoms with Gasteiger partial charge in [-0.25, -0.2) is 0 Å². The second-order valence-corrected chi connectivity index (χ2v) is 4.00. The van der Waals surface area contributed by atoms with Gasteiger partial charge in [-0.15, -0.1) is 0 Å². The van der Waals surface area contributed by atoms with Gasteiger partial charge in [0.05, 0.1) is 18.4 Å². The molecule has 1 heterocycles. The fourth-order valence-electron chi connectivity index (χ4n) is 1.57. The average Bonchev–Trinajstić information content (AvgIpc) is 2.40. The Kier molecular flexibility index (Phi) is 3.69. The molecule has 7 heteroatoms. The number of ether oxygens (including phenoxy) is 1. The van der Waals surface area contributed by atoms with E-state index in [4.69, 9.17) is 10.5 Å². The van der Waals surface area contributed by atoms with Gasteiger partial charge in [-0.3, -0.25) is 0 Å². The van der Waals surface area contributed by atoms with E-state index in [1.165, 1.54) is 19.2 Å². The summed E-state index contributed by atoms with van der Waals surface area (Å²) in [6.07, 6.45) is -4.35. The molecule has 0 saturated carbocycles. The minimum atomic E-state index is -4.35. The Labute approximate surface area is 113 Å². The topological polar surface area (TPSA) is 60.2 Å². The molecule has 0 aliphatic rings. The van der Waals surface area contributed by atoms with Gasteiger partial charge in [0.15, 0.2) is 0 Å². The van der Waals surface area contributed by atoms with Crippen molar-refractivity contribution in [1.29, 1.82) is 0 Å². The van der Waals surface area contributed by atoms with Gasteiger partial charge in [0.2, 0.25) is 5.88 Å². The van der Waals surface area contributed by atoms with Crippen LogP contribution >= 0.6 is 0 Å². The first-order chi connectivity index (χ1) is 9.40. The number of hydrogen-bond acceptors (Lipinski definition) is 4. The van der Waals surface area contributed by atoms with Gasteiger partial charge in [0, 0.05) is 5.69 Å². The van der Waals surface area contributed by atoms with Crippen LogP contribution in [-0.4, -0.2) is 12.1 Å². The van der Waals surface area contributed by atoms with Crippen LogP contribution in [0.5, 0.6) is 5.88 Å². The molecule has 4 nitrogen and oxygen atoms in total. The van der Waals surface area contributed by atoms with E-state index in [0.717, 1.165) is 12.1 Å². The van der Waals surface area contributed by atoms with Crippen molar-refractivity contribution < 1.29 is 17.9 Å². The third-order valence-electron chi connectivity index (χ3n) is 2.57. The molecule has 2 aromatic rings. The number of aromatic nitrogens is 1. The number of nitrogens with zero attached hydrogens (tertiary/aromatic N) is 1. The van der Waals surface area contributed by atoms with Crippen LogP contribution < -0.4 is 15.8 Å². The molecule has 3 N–H and O–H groups in total. The van der Waals surface area contributed by atoms with Crippen LogP contribution in [0.15, 0.2) is 36.4 Å². The highest BCUT2D eigenvalue weighted by Crippen LogP contribution is 2.30. The van der Waals surface area contributed by atoms with Crippen LogP contribution in [0.1, 0.15) is 5.56 Å². The van der Waals surface area contributed by atoms with E-state index < -0.39 is 11.7 Å². The van der Waals surface area contributed by atoms with Crippen molar-refractivity contribution in [2.24, 2.45) is 0 Å². The highest BCUT2D eigenvalue weighted by molar-refractivity contribution is 5.60. The highest BCUT2D eigenvalue weighted by Gasteiger charge is 2.29. The fraction of sp³-hybridized carbons (Fsp3) is 0.154. The second kappa shape index (κ2) is 5.28. The first-order valence-electron chi connectivity index (χ1n) is 5.65. The zero-order valence-electron chi connectivity index (χ0n) is 10.5. The van der Waals surface area contributed by atoms with Gasteiger partial charge in [-0.05, 0) is 36.4 Å².